The Balaban J connectivity index is 1.45. The minimum absolute atomic E-state index is 0.175. The molecule has 3 heterocycles. The van der Waals surface area contributed by atoms with Crippen molar-refractivity contribution in [3.8, 4) is 5.75 Å². The van der Waals surface area contributed by atoms with Crippen LogP contribution in [0.1, 0.15) is 45.2 Å². The smallest absolute Gasteiger partial charge is 0.459 e. The van der Waals surface area contributed by atoms with E-state index in [2.05, 4.69) is 20.4 Å². The highest BCUT2D eigenvalue weighted by molar-refractivity contribution is 7.52. The summed E-state index contributed by atoms with van der Waals surface area (Å²) in [6.07, 6.45) is -0.508. The average molecular weight is 538 g/mol. The molecule has 1 aromatic heterocycles. The van der Waals surface area contributed by atoms with E-state index in [-0.39, 0.29) is 31.4 Å². The van der Waals surface area contributed by atoms with Crippen molar-refractivity contribution >= 4 is 25.9 Å². The van der Waals surface area contributed by atoms with Crippen molar-refractivity contribution < 1.29 is 38.1 Å². The van der Waals surface area contributed by atoms with Gasteiger partial charge >= 0.3 is 13.7 Å². The van der Waals surface area contributed by atoms with Crippen LogP contribution in [0.4, 0.5) is 5.82 Å². The maximum Gasteiger partial charge on any atom is 0.459 e. The second-order valence-corrected chi connectivity index (χ2v) is 10.7. The minimum atomic E-state index is -4.11. The fourth-order valence-corrected chi connectivity index (χ4v) is 5.38. The Bertz CT molecular complexity index is 1140. The quantitative estimate of drug-likeness (QED) is 0.259. The van der Waals surface area contributed by atoms with E-state index in [1.165, 1.54) is 19.6 Å². The number of aliphatic hydroxyl groups excluding tert-OH is 2. The number of carbonyl (C=O) groups is 1. The Labute approximate surface area is 214 Å². The maximum atomic E-state index is 13.7. The predicted octanol–water partition coefficient (Wildman–Crippen LogP) is 2.15. The number of aromatic nitrogens is 2. The van der Waals surface area contributed by atoms with Gasteiger partial charge < -0.3 is 29.5 Å². The molecule has 37 heavy (non-hydrogen) atoms. The summed E-state index contributed by atoms with van der Waals surface area (Å²) in [5, 5.41) is 26.5. The van der Waals surface area contributed by atoms with Crippen LogP contribution in [0.25, 0.3) is 0 Å². The summed E-state index contributed by atoms with van der Waals surface area (Å²) in [5.41, 5.74) is 0.419. The number of nitrogens with zero attached hydrogens (tertiary/aromatic N) is 3. The molecule has 0 spiro atoms. The van der Waals surface area contributed by atoms with Gasteiger partial charge in [0.05, 0.1) is 38.0 Å². The summed E-state index contributed by atoms with van der Waals surface area (Å²) in [6.45, 7) is 4.78. The number of carbonyl (C=O) groups excluding carboxylic acids is 1. The lowest BCUT2D eigenvalue weighted by Crippen LogP contribution is -2.37. The second kappa shape index (κ2) is 11.7. The lowest BCUT2D eigenvalue weighted by molar-refractivity contribution is -0.149. The molecule has 0 aliphatic carbocycles. The Morgan fingerprint density at radius 1 is 1.30 bits per heavy atom. The van der Waals surface area contributed by atoms with Gasteiger partial charge in [0.1, 0.15) is 41.7 Å². The number of benzene rings is 1. The predicted molar refractivity (Wildman–Crippen MR) is 133 cm³/mol. The van der Waals surface area contributed by atoms with Crippen molar-refractivity contribution in [2.45, 2.75) is 63.9 Å². The van der Waals surface area contributed by atoms with Crippen LogP contribution in [0.15, 0.2) is 41.7 Å². The molecule has 1 unspecified atom stereocenters. The number of para-hydroxylation sites is 1. The van der Waals surface area contributed by atoms with Crippen LogP contribution in [0.3, 0.4) is 0 Å². The molecule has 0 amide bonds. The van der Waals surface area contributed by atoms with Gasteiger partial charge in [0, 0.05) is 6.42 Å². The Morgan fingerprint density at radius 2 is 2.05 bits per heavy atom. The standard InChI is InChI=1S/C23H32N5O8P/c1-14(2)34-23(31)15(3)27-37(32,36-16-7-5-4-6-8-16)33-11-19-17(29)9-20(35-19)28-13-26-21-18(30)10-24-12-25-22(21)28/h4-8,12-15,17-20,29-30H,9-11H2,1-3H3,(H,24,25)(H,27,32)/t15-,17+,18-,19-,20-,37?/m1/s1. The van der Waals surface area contributed by atoms with Gasteiger partial charge in [0.2, 0.25) is 0 Å². The number of hydrogen-bond acceptors (Lipinski definition) is 11. The molecule has 1 fully saturated rings. The Kier molecular flexibility index (Phi) is 8.63. The van der Waals surface area contributed by atoms with Crippen molar-refractivity contribution in [2.24, 2.45) is 4.99 Å². The first-order valence-electron chi connectivity index (χ1n) is 12.0. The average Bonchev–Trinajstić information content (AvgIpc) is 3.38. The normalized spacial score (nSPS) is 25.6. The number of aliphatic hydroxyl groups is 2. The van der Waals surface area contributed by atoms with Crippen molar-refractivity contribution in [2.75, 3.05) is 18.5 Å². The first kappa shape index (κ1) is 27.2. The Morgan fingerprint density at radius 3 is 2.78 bits per heavy atom. The van der Waals surface area contributed by atoms with E-state index in [0.29, 0.717) is 11.5 Å². The molecule has 0 saturated carbocycles. The van der Waals surface area contributed by atoms with Crippen LogP contribution in [-0.4, -0.2) is 69.6 Å². The summed E-state index contributed by atoms with van der Waals surface area (Å²) in [4.78, 5) is 20.6. The van der Waals surface area contributed by atoms with E-state index in [1.54, 1.807) is 48.7 Å². The van der Waals surface area contributed by atoms with E-state index < -0.39 is 44.3 Å². The van der Waals surface area contributed by atoms with Crippen LogP contribution in [0, 0.1) is 0 Å². The van der Waals surface area contributed by atoms with Gasteiger partial charge in [-0.2, -0.15) is 5.09 Å². The molecule has 4 N–H and O–H groups in total. The van der Waals surface area contributed by atoms with E-state index in [1.807, 2.05) is 0 Å². The summed E-state index contributed by atoms with van der Waals surface area (Å²) >= 11 is 0. The van der Waals surface area contributed by atoms with Crippen LogP contribution in [0.5, 0.6) is 5.75 Å². The van der Waals surface area contributed by atoms with Crippen LogP contribution in [0.2, 0.25) is 0 Å². The van der Waals surface area contributed by atoms with Gasteiger partial charge in [-0.1, -0.05) is 18.2 Å². The molecule has 0 bridgehead atoms. The number of imidazole rings is 1. The van der Waals surface area contributed by atoms with Crippen molar-refractivity contribution in [1.29, 1.82) is 0 Å². The SMILES string of the molecule is CC(C)OC(=O)[C@@H](C)NP(=O)(OC[C@H]1O[C@@H](n2cnc3c2NC=NC[C@H]3O)C[C@@H]1O)Oc1ccccc1. The molecule has 14 heteroatoms. The van der Waals surface area contributed by atoms with E-state index in [0.717, 1.165) is 0 Å². The lowest BCUT2D eigenvalue weighted by Gasteiger charge is -2.25. The van der Waals surface area contributed by atoms with Gasteiger partial charge in [-0.05, 0) is 32.9 Å². The van der Waals surface area contributed by atoms with Crippen LogP contribution >= 0.6 is 7.75 Å². The highest BCUT2D eigenvalue weighted by Gasteiger charge is 2.40. The zero-order chi connectivity index (χ0) is 26.6. The number of fused-ring (bicyclic) bond motifs is 1. The van der Waals surface area contributed by atoms with Crippen molar-refractivity contribution in [3.63, 3.8) is 0 Å². The highest BCUT2D eigenvalue weighted by Crippen LogP contribution is 2.46. The summed E-state index contributed by atoms with van der Waals surface area (Å²) in [5.74, 6) is 0.150. The summed E-state index contributed by atoms with van der Waals surface area (Å²) in [7, 11) is -4.11. The van der Waals surface area contributed by atoms with Crippen molar-refractivity contribution in [3.05, 3.63) is 42.4 Å². The molecule has 13 nitrogen and oxygen atoms in total. The number of nitrogens with one attached hydrogen (secondary N) is 2. The fraction of sp³-hybridized carbons (Fsp3) is 0.522. The first-order valence-corrected chi connectivity index (χ1v) is 13.5. The lowest BCUT2D eigenvalue weighted by atomic mass is 10.2. The molecule has 6 atom stereocenters. The minimum Gasteiger partial charge on any atom is -0.462 e. The molecular formula is C23H32N5O8P. The molecule has 1 saturated heterocycles. The number of rotatable bonds is 10. The van der Waals surface area contributed by atoms with E-state index in [4.69, 9.17) is 18.5 Å². The fourth-order valence-electron chi connectivity index (χ4n) is 3.87. The molecule has 0 radical (unpaired) electrons. The topological polar surface area (TPSA) is 166 Å². The molecule has 2 aliphatic rings. The van der Waals surface area contributed by atoms with Crippen LogP contribution < -0.4 is 14.9 Å². The third-order valence-electron chi connectivity index (χ3n) is 5.66. The third-order valence-corrected chi connectivity index (χ3v) is 7.30. The molecule has 2 aromatic rings. The van der Waals surface area contributed by atoms with E-state index in [9.17, 15) is 19.6 Å². The second-order valence-electron chi connectivity index (χ2n) is 9.01. The number of aliphatic imine (C=N–C) groups is 1. The largest absolute Gasteiger partial charge is 0.462 e. The molecule has 1 aromatic carbocycles. The molecule has 202 valence electrons. The zero-order valence-corrected chi connectivity index (χ0v) is 21.7. The molecule has 4 rings (SSSR count). The third kappa shape index (κ3) is 6.75. The number of anilines is 1. The maximum absolute atomic E-state index is 13.7. The first-order chi connectivity index (χ1) is 17.6. The molecule has 2 aliphatic heterocycles. The zero-order valence-electron chi connectivity index (χ0n) is 20.8. The summed E-state index contributed by atoms with van der Waals surface area (Å²) in [6, 6.07) is 7.37. The van der Waals surface area contributed by atoms with E-state index >= 15 is 0 Å². The van der Waals surface area contributed by atoms with Crippen molar-refractivity contribution in [1.82, 2.24) is 14.6 Å². The van der Waals surface area contributed by atoms with Gasteiger partial charge in [-0.25, -0.2) is 9.55 Å². The van der Waals surface area contributed by atoms with Gasteiger partial charge in [-0.15, -0.1) is 0 Å². The number of hydrogen-bond donors (Lipinski definition) is 4. The number of esters is 1. The van der Waals surface area contributed by atoms with Gasteiger partial charge in [0.15, 0.2) is 0 Å². The molecular weight excluding hydrogens is 505 g/mol. The monoisotopic (exact) mass is 537 g/mol. The Hall–Kier alpha value is -2.80. The summed E-state index contributed by atoms with van der Waals surface area (Å²) < 4.78 is 37.8. The van der Waals surface area contributed by atoms with Gasteiger partial charge in [0.25, 0.3) is 0 Å². The number of ether oxygens (including phenoxy) is 2. The van der Waals surface area contributed by atoms with Crippen LogP contribution in [-0.2, 0) is 23.4 Å². The highest BCUT2D eigenvalue weighted by atomic mass is 31.2. The van der Waals surface area contributed by atoms with Gasteiger partial charge in [-0.3, -0.25) is 18.9 Å².